The van der Waals surface area contributed by atoms with Gasteiger partial charge in [-0.1, -0.05) is 0 Å². The van der Waals surface area contributed by atoms with E-state index < -0.39 is 23.2 Å². The Hall–Kier alpha value is -1.14. The summed E-state index contributed by atoms with van der Waals surface area (Å²) in [7, 11) is 0. The van der Waals surface area contributed by atoms with Gasteiger partial charge in [-0.05, 0) is 0 Å². The maximum absolute atomic E-state index is 2.40. The Labute approximate surface area is 199 Å². The first-order valence-electron chi connectivity index (χ1n) is 9.90. The van der Waals surface area contributed by atoms with E-state index in [0.29, 0.717) is 11.8 Å². The van der Waals surface area contributed by atoms with E-state index in [1.54, 1.807) is 17.7 Å². The maximum Gasteiger partial charge on any atom is -0.147 e. The first kappa shape index (κ1) is 24.1. The Morgan fingerprint density at radius 2 is 1.00 bits per heavy atom. The molecule has 2 aromatic rings. The second-order valence-corrected chi connectivity index (χ2v) is 11.1. The van der Waals surface area contributed by atoms with Crippen molar-refractivity contribution in [1.29, 1.82) is 0 Å². The fourth-order valence-corrected chi connectivity index (χ4v) is 8.29. The van der Waals surface area contributed by atoms with Gasteiger partial charge in [0.05, 0.1) is 0 Å². The van der Waals surface area contributed by atoms with Gasteiger partial charge in [-0.3, -0.25) is 0 Å². The first-order valence-corrected chi connectivity index (χ1v) is 12.4. The zero-order valence-corrected chi connectivity index (χ0v) is 21.1. The fraction of sp³-hybridized carbons (Fsp3) is 0.231. The average Bonchev–Trinajstić information content (AvgIpc) is 3.38. The van der Waals surface area contributed by atoms with Gasteiger partial charge in [-0.25, -0.2) is 0 Å². The van der Waals surface area contributed by atoms with Crippen LogP contribution in [0.3, 0.4) is 0 Å². The summed E-state index contributed by atoms with van der Waals surface area (Å²) in [5.74, 6) is 1.01. The minimum absolute atomic E-state index is 0. The van der Waals surface area contributed by atoms with Gasteiger partial charge in [0.15, 0.2) is 0 Å². The topological polar surface area (TPSA) is 0 Å². The molecule has 0 saturated carbocycles. The van der Waals surface area contributed by atoms with E-state index in [-0.39, 0.29) is 24.8 Å². The molecule has 0 N–H and O–H groups in total. The number of halogens is 2. The van der Waals surface area contributed by atoms with E-state index in [1.165, 1.54) is 24.0 Å². The molecule has 29 heavy (non-hydrogen) atoms. The third-order valence-corrected chi connectivity index (χ3v) is 9.68. The van der Waals surface area contributed by atoms with Crippen LogP contribution in [0.2, 0.25) is 0 Å². The van der Waals surface area contributed by atoms with Crippen LogP contribution in [0.5, 0.6) is 0 Å². The summed E-state index contributed by atoms with van der Waals surface area (Å²) < 4.78 is 3.54. The van der Waals surface area contributed by atoms with Crippen LogP contribution in [0, 0.1) is 0 Å². The molecule has 0 aliphatic heterocycles. The van der Waals surface area contributed by atoms with Crippen molar-refractivity contribution in [3.63, 3.8) is 0 Å². The molecule has 2 aliphatic rings. The average molecular weight is 503 g/mol. The second-order valence-electron chi connectivity index (χ2n) is 7.47. The molecule has 2 atom stereocenters. The molecular weight excluding hydrogens is 474 g/mol. The minimum Gasteiger partial charge on any atom is -0.147 e. The molecule has 0 saturated heterocycles. The quantitative estimate of drug-likeness (QED) is 0.376. The summed E-state index contributed by atoms with van der Waals surface area (Å²) >= 11 is -0.728. The Morgan fingerprint density at radius 1 is 0.621 bits per heavy atom. The molecule has 0 heterocycles. The van der Waals surface area contributed by atoms with E-state index in [0.717, 1.165) is 0 Å². The molecule has 2 unspecified atom stereocenters. The third-order valence-electron chi connectivity index (χ3n) is 5.77. The van der Waals surface area contributed by atoms with Crippen molar-refractivity contribution in [3.8, 4) is 0 Å². The van der Waals surface area contributed by atoms with E-state index in [1.807, 2.05) is 0 Å². The van der Waals surface area contributed by atoms with Crippen LogP contribution in [0.4, 0.5) is 0 Å². The molecule has 4 rings (SSSR count). The molecule has 2 aromatic carbocycles. The van der Waals surface area contributed by atoms with Crippen molar-refractivity contribution in [2.45, 2.75) is 38.5 Å². The van der Waals surface area contributed by atoms with Gasteiger partial charge in [-0.2, -0.15) is 0 Å². The Balaban J connectivity index is 0.00000150. The van der Waals surface area contributed by atoms with Gasteiger partial charge < -0.3 is 0 Å². The van der Waals surface area contributed by atoms with Crippen molar-refractivity contribution < 1.29 is 23.2 Å². The molecule has 0 amide bonds. The largest absolute Gasteiger partial charge is 0.147 e. The van der Waals surface area contributed by atoms with Gasteiger partial charge in [0, 0.05) is 0 Å². The number of allylic oxidation sites excluding steroid dienone is 8. The van der Waals surface area contributed by atoms with Crippen molar-refractivity contribution >= 4 is 24.8 Å². The van der Waals surface area contributed by atoms with Crippen molar-refractivity contribution in [2.75, 3.05) is 0 Å². The smallest absolute Gasteiger partial charge is 0.147 e. The molecule has 0 radical (unpaired) electrons. The predicted octanol–water partition coefficient (Wildman–Crippen LogP) is 7.95. The summed E-state index contributed by atoms with van der Waals surface area (Å²) in [6, 6.07) is 21.9. The summed E-state index contributed by atoms with van der Waals surface area (Å²) in [6.07, 6.45) is 11.9. The second kappa shape index (κ2) is 11.3. The summed E-state index contributed by atoms with van der Waals surface area (Å²) in [4.78, 5) is 0. The van der Waals surface area contributed by atoms with Crippen molar-refractivity contribution in [2.24, 2.45) is 0 Å². The van der Waals surface area contributed by atoms with Gasteiger partial charge in [-0.15, -0.1) is 24.8 Å². The summed E-state index contributed by atoms with van der Waals surface area (Å²) in [6.45, 7) is 4.74. The van der Waals surface area contributed by atoms with Crippen LogP contribution >= 0.6 is 24.8 Å². The van der Waals surface area contributed by atoms with Crippen LogP contribution in [0.25, 0.3) is 0 Å². The SMILES string of the molecule is CC(C1=[C]([Zr][C]2=C(C(C)c3ccccc3)C=CC2)CC=C1)c1ccccc1.Cl.Cl. The van der Waals surface area contributed by atoms with Gasteiger partial charge >= 0.3 is 176 Å². The predicted molar refractivity (Wildman–Crippen MR) is 126 cm³/mol. The number of rotatable bonds is 6. The van der Waals surface area contributed by atoms with Gasteiger partial charge in [0.2, 0.25) is 0 Å². The summed E-state index contributed by atoms with van der Waals surface area (Å²) in [5.41, 5.74) is 6.07. The van der Waals surface area contributed by atoms with Crippen LogP contribution in [0.15, 0.2) is 103 Å². The van der Waals surface area contributed by atoms with Crippen molar-refractivity contribution in [1.82, 2.24) is 0 Å². The Bertz CT molecular complexity index is 846. The minimum atomic E-state index is -0.728. The molecule has 0 nitrogen and oxygen atoms in total. The molecule has 2 aliphatic carbocycles. The molecule has 0 aromatic heterocycles. The molecular formula is C26H28Cl2Zr. The van der Waals surface area contributed by atoms with E-state index in [2.05, 4.69) is 98.8 Å². The van der Waals surface area contributed by atoms with E-state index >= 15 is 0 Å². The monoisotopic (exact) mass is 500 g/mol. The number of benzene rings is 2. The normalized spacial score (nSPS) is 17.0. The van der Waals surface area contributed by atoms with Crippen LogP contribution < -0.4 is 0 Å². The molecule has 0 bridgehead atoms. The van der Waals surface area contributed by atoms with E-state index in [4.69, 9.17) is 0 Å². The summed E-state index contributed by atoms with van der Waals surface area (Å²) in [5, 5.41) is 0. The fourth-order valence-electron chi connectivity index (χ4n) is 4.13. The Kier molecular flexibility index (Phi) is 9.41. The van der Waals surface area contributed by atoms with Crippen molar-refractivity contribution in [3.05, 3.63) is 114 Å². The molecule has 0 fully saturated rings. The Morgan fingerprint density at radius 3 is 1.38 bits per heavy atom. The van der Waals surface area contributed by atoms with Crippen LogP contribution in [0.1, 0.15) is 49.7 Å². The standard InChI is InChI=1S/2C13H13.2ClH.Zr/c2*1-11(13-9-5-6-10-13)12-7-3-2-4-8-12;;;/h2*2-5,7-9,11H,6H2,1H3;2*1H;. The zero-order valence-electron chi connectivity index (χ0n) is 17.0. The first-order chi connectivity index (χ1) is 13.2. The zero-order chi connectivity index (χ0) is 18.6. The number of hydrogen-bond acceptors (Lipinski definition) is 0. The molecule has 150 valence electrons. The van der Waals surface area contributed by atoms with Gasteiger partial charge in [0.1, 0.15) is 0 Å². The molecule has 0 spiro atoms. The third kappa shape index (κ3) is 5.52. The maximum atomic E-state index is 2.40. The molecule has 3 heteroatoms. The van der Waals surface area contributed by atoms with E-state index in [9.17, 15) is 0 Å². The van der Waals surface area contributed by atoms with Gasteiger partial charge in [0.25, 0.3) is 0 Å². The van der Waals surface area contributed by atoms with Crippen LogP contribution in [-0.2, 0) is 23.2 Å². The van der Waals surface area contributed by atoms with Crippen LogP contribution in [-0.4, -0.2) is 0 Å². The number of hydrogen-bond donors (Lipinski definition) is 0.